The molecule has 0 atom stereocenters. The topological polar surface area (TPSA) is 24.5 Å². The Kier molecular flexibility index (Phi) is 5.01. The zero-order valence-electron chi connectivity index (χ0n) is 11.1. The van der Waals surface area contributed by atoms with E-state index < -0.39 is 0 Å². The number of rotatable bonds is 7. The summed E-state index contributed by atoms with van der Waals surface area (Å²) in [6.07, 6.45) is 5.14. The molecule has 1 aliphatic heterocycles. The largest absolute Gasteiger partial charge is 0.381 e. The Morgan fingerprint density at radius 2 is 2.00 bits per heavy atom. The third-order valence-electron chi connectivity index (χ3n) is 3.62. The third kappa shape index (κ3) is 5.19. The molecule has 0 bridgehead atoms. The minimum absolute atomic E-state index is 0.785. The van der Waals surface area contributed by atoms with Crippen LogP contribution in [0, 0.1) is 5.92 Å². The number of ether oxygens (including phenoxy) is 1. The van der Waals surface area contributed by atoms with Crippen LogP contribution in [0.25, 0.3) is 0 Å². The van der Waals surface area contributed by atoms with Crippen molar-refractivity contribution in [3.05, 3.63) is 12.2 Å². The van der Waals surface area contributed by atoms with E-state index in [1.54, 1.807) is 0 Å². The number of nitrogens with zero attached hydrogens (tertiary/aromatic N) is 1. The highest BCUT2D eigenvalue weighted by Crippen LogP contribution is 2.19. The Morgan fingerprint density at radius 3 is 2.65 bits per heavy atom. The summed E-state index contributed by atoms with van der Waals surface area (Å²) < 4.78 is 5.39. The van der Waals surface area contributed by atoms with Gasteiger partial charge in [0.05, 0.1) is 0 Å². The second-order valence-corrected chi connectivity index (χ2v) is 5.66. The van der Waals surface area contributed by atoms with Crippen LogP contribution in [-0.2, 0) is 4.74 Å². The molecule has 1 heterocycles. The van der Waals surface area contributed by atoms with Crippen molar-refractivity contribution in [1.29, 1.82) is 0 Å². The number of hydrogen-bond donors (Lipinski definition) is 1. The second-order valence-electron chi connectivity index (χ2n) is 5.66. The van der Waals surface area contributed by atoms with Crippen LogP contribution in [0.15, 0.2) is 12.2 Å². The molecule has 3 heteroatoms. The first-order chi connectivity index (χ1) is 8.24. The van der Waals surface area contributed by atoms with Gasteiger partial charge in [-0.25, -0.2) is 0 Å². The second kappa shape index (κ2) is 6.53. The molecule has 1 saturated carbocycles. The van der Waals surface area contributed by atoms with Crippen molar-refractivity contribution in [2.75, 3.05) is 39.9 Å². The van der Waals surface area contributed by atoms with Gasteiger partial charge in [0.25, 0.3) is 0 Å². The van der Waals surface area contributed by atoms with Crippen molar-refractivity contribution in [2.24, 2.45) is 5.92 Å². The molecule has 2 rings (SSSR count). The van der Waals surface area contributed by atoms with E-state index in [0.29, 0.717) is 0 Å². The molecule has 17 heavy (non-hydrogen) atoms. The molecule has 1 saturated heterocycles. The fraction of sp³-hybridized carbons (Fsp3) is 0.857. The Morgan fingerprint density at radius 1 is 1.29 bits per heavy atom. The highest BCUT2D eigenvalue weighted by Gasteiger charge is 2.20. The molecule has 0 radical (unpaired) electrons. The lowest BCUT2D eigenvalue weighted by Crippen LogP contribution is -2.32. The average molecular weight is 238 g/mol. The summed E-state index contributed by atoms with van der Waals surface area (Å²) in [6, 6.07) is 0.785. The van der Waals surface area contributed by atoms with Crippen molar-refractivity contribution < 1.29 is 4.74 Å². The summed E-state index contributed by atoms with van der Waals surface area (Å²) in [7, 11) is 2.21. The van der Waals surface area contributed by atoms with Gasteiger partial charge in [0.15, 0.2) is 0 Å². The molecule has 1 aliphatic carbocycles. The van der Waals surface area contributed by atoms with Crippen LogP contribution in [0.1, 0.15) is 25.7 Å². The van der Waals surface area contributed by atoms with Crippen LogP contribution in [0.4, 0.5) is 0 Å². The van der Waals surface area contributed by atoms with E-state index in [2.05, 4.69) is 23.8 Å². The summed E-state index contributed by atoms with van der Waals surface area (Å²) in [6.45, 7) is 9.25. The average Bonchev–Trinajstić information content (AvgIpc) is 3.11. The van der Waals surface area contributed by atoms with Crippen LogP contribution in [0.3, 0.4) is 0 Å². The summed E-state index contributed by atoms with van der Waals surface area (Å²) in [5.41, 5.74) is 1.31. The predicted molar refractivity (Wildman–Crippen MR) is 71.2 cm³/mol. The molecule has 98 valence electrons. The van der Waals surface area contributed by atoms with Gasteiger partial charge in [-0.15, -0.1) is 0 Å². The first-order valence-corrected chi connectivity index (χ1v) is 6.90. The summed E-state index contributed by atoms with van der Waals surface area (Å²) in [5, 5.41) is 3.52. The molecule has 0 aromatic rings. The molecule has 0 aromatic heterocycles. The van der Waals surface area contributed by atoms with E-state index in [-0.39, 0.29) is 0 Å². The highest BCUT2D eigenvalue weighted by atomic mass is 16.5. The van der Waals surface area contributed by atoms with Crippen LogP contribution in [0.5, 0.6) is 0 Å². The van der Waals surface area contributed by atoms with Crippen LogP contribution >= 0.6 is 0 Å². The lowest BCUT2D eigenvalue weighted by atomic mass is 10.00. The predicted octanol–water partition coefficient (Wildman–Crippen LogP) is 1.65. The summed E-state index contributed by atoms with van der Waals surface area (Å²) >= 11 is 0. The minimum Gasteiger partial charge on any atom is -0.381 e. The fourth-order valence-corrected chi connectivity index (χ4v) is 2.45. The van der Waals surface area contributed by atoms with Gasteiger partial charge >= 0.3 is 0 Å². The van der Waals surface area contributed by atoms with Gasteiger partial charge in [-0.05, 0) is 44.2 Å². The molecule has 0 amide bonds. The van der Waals surface area contributed by atoms with Crippen molar-refractivity contribution >= 4 is 0 Å². The number of likely N-dealkylation sites (N-methyl/N-ethyl adjacent to an activating group) is 1. The first kappa shape index (κ1) is 13.1. The van der Waals surface area contributed by atoms with Gasteiger partial charge in [-0.1, -0.05) is 6.58 Å². The number of hydrogen-bond acceptors (Lipinski definition) is 3. The van der Waals surface area contributed by atoms with E-state index in [0.717, 1.165) is 38.3 Å². The van der Waals surface area contributed by atoms with E-state index in [1.807, 2.05) is 0 Å². The molecule has 3 nitrogen and oxygen atoms in total. The van der Waals surface area contributed by atoms with Crippen molar-refractivity contribution in [3.63, 3.8) is 0 Å². The normalized spacial score (nSPS) is 22.0. The Bertz CT molecular complexity index is 245. The third-order valence-corrected chi connectivity index (χ3v) is 3.62. The molecule has 2 fully saturated rings. The van der Waals surface area contributed by atoms with Gasteiger partial charge in [0.2, 0.25) is 0 Å². The van der Waals surface area contributed by atoms with Crippen LogP contribution in [0.2, 0.25) is 0 Å². The summed E-state index contributed by atoms with van der Waals surface area (Å²) in [4.78, 5) is 2.41. The lowest BCUT2D eigenvalue weighted by Gasteiger charge is -2.27. The quantitative estimate of drug-likeness (QED) is 0.683. The summed E-state index contributed by atoms with van der Waals surface area (Å²) in [5.74, 6) is 0.818. The maximum absolute atomic E-state index is 5.39. The van der Waals surface area contributed by atoms with Crippen molar-refractivity contribution in [1.82, 2.24) is 10.2 Å². The fourth-order valence-electron chi connectivity index (χ4n) is 2.45. The van der Waals surface area contributed by atoms with Crippen LogP contribution in [-0.4, -0.2) is 50.8 Å². The van der Waals surface area contributed by atoms with Gasteiger partial charge in [-0.3, -0.25) is 0 Å². The SMILES string of the molecule is C=C(CNC1CC1)CN(C)CC1CCOCC1. The molecule has 0 spiro atoms. The Hall–Kier alpha value is -0.380. The van der Waals surface area contributed by atoms with E-state index >= 15 is 0 Å². The molecule has 0 unspecified atom stereocenters. The van der Waals surface area contributed by atoms with E-state index in [1.165, 1.54) is 37.8 Å². The van der Waals surface area contributed by atoms with Crippen molar-refractivity contribution in [2.45, 2.75) is 31.7 Å². The smallest absolute Gasteiger partial charge is 0.0469 e. The first-order valence-electron chi connectivity index (χ1n) is 6.90. The molecule has 1 N–H and O–H groups in total. The maximum atomic E-state index is 5.39. The standard InChI is InChI=1S/C14H26N2O/c1-12(9-15-14-3-4-14)10-16(2)11-13-5-7-17-8-6-13/h13-15H,1,3-11H2,2H3. The molecular weight excluding hydrogens is 212 g/mol. The zero-order valence-corrected chi connectivity index (χ0v) is 11.1. The highest BCUT2D eigenvalue weighted by molar-refractivity contribution is 5.01. The van der Waals surface area contributed by atoms with Crippen molar-refractivity contribution in [3.8, 4) is 0 Å². The van der Waals surface area contributed by atoms with E-state index in [9.17, 15) is 0 Å². The van der Waals surface area contributed by atoms with Gasteiger partial charge < -0.3 is 15.0 Å². The van der Waals surface area contributed by atoms with Gasteiger partial charge in [0.1, 0.15) is 0 Å². The zero-order chi connectivity index (χ0) is 12.1. The number of nitrogens with one attached hydrogen (secondary N) is 1. The maximum Gasteiger partial charge on any atom is 0.0469 e. The Labute approximate surface area is 105 Å². The molecule has 2 aliphatic rings. The minimum atomic E-state index is 0.785. The van der Waals surface area contributed by atoms with E-state index in [4.69, 9.17) is 4.74 Å². The Balaban J connectivity index is 1.57. The van der Waals surface area contributed by atoms with Crippen LogP contribution < -0.4 is 5.32 Å². The molecule has 0 aromatic carbocycles. The van der Waals surface area contributed by atoms with Gasteiger partial charge in [0, 0.05) is 38.9 Å². The lowest BCUT2D eigenvalue weighted by molar-refractivity contribution is 0.0566. The molecular formula is C14H26N2O. The monoisotopic (exact) mass is 238 g/mol. The van der Waals surface area contributed by atoms with Gasteiger partial charge in [-0.2, -0.15) is 0 Å².